The Hall–Kier alpha value is -2.19. The zero-order chi connectivity index (χ0) is 19.2. The van der Waals surface area contributed by atoms with E-state index in [0.29, 0.717) is 31.7 Å². The van der Waals surface area contributed by atoms with Gasteiger partial charge in [0.2, 0.25) is 0 Å². The van der Waals surface area contributed by atoms with Crippen LogP contribution in [0.1, 0.15) is 36.6 Å². The van der Waals surface area contributed by atoms with Gasteiger partial charge in [0.05, 0.1) is 30.8 Å². The molecule has 0 fully saturated rings. The van der Waals surface area contributed by atoms with Crippen LogP contribution >= 0.6 is 15.9 Å². The van der Waals surface area contributed by atoms with Crippen molar-refractivity contribution in [1.29, 1.82) is 0 Å². The van der Waals surface area contributed by atoms with E-state index in [4.69, 9.17) is 0 Å². The fourth-order valence-electron chi connectivity index (χ4n) is 3.31. The summed E-state index contributed by atoms with van der Waals surface area (Å²) in [5.41, 5.74) is 1.75. The number of aryl methyl sites for hydroxylation is 1. The van der Waals surface area contributed by atoms with Crippen molar-refractivity contribution < 1.29 is 15.0 Å². The van der Waals surface area contributed by atoms with Crippen molar-refractivity contribution in [2.24, 2.45) is 10.9 Å². The maximum atomic E-state index is 11.6. The molecule has 7 nitrogen and oxygen atoms in total. The molecule has 2 aromatic rings. The van der Waals surface area contributed by atoms with Crippen molar-refractivity contribution in [3.63, 3.8) is 0 Å². The zero-order valence-corrected chi connectivity index (χ0v) is 16.5. The first kappa shape index (κ1) is 19.6. The van der Waals surface area contributed by atoms with E-state index in [1.54, 1.807) is 12.7 Å². The summed E-state index contributed by atoms with van der Waals surface area (Å²) >= 11 is 3.42. The third-order valence-electron chi connectivity index (χ3n) is 4.69. The molecule has 0 bridgehead atoms. The van der Waals surface area contributed by atoms with Crippen LogP contribution in [0.25, 0.3) is 0 Å². The number of hydrogen-bond donors (Lipinski definition) is 3. The van der Waals surface area contributed by atoms with Crippen LogP contribution in [0.2, 0.25) is 0 Å². The average molecular weight is 435 g/mol. The molecular weight excluding hydrogens is 412 g/mol. The summed E-state index contributed by atoms with van der Waals surface area (Å²) in [6.07, 6.45) is 5.31. The minimum Gasteiger partial charge on any atom is -0.481 e. The van der Waals surface area contributed by atoms with Crippen LogP contribution in [0.3, 0.4) is 0 Å². The Kier molecular flexibility index (Phi) is 6.63. The van der Waals surface area contributed by atoms with E-state index in [9.17, 15) is 15.0 Å². The Balaban J connectivity index is 1.53. The van der Waals surface area contributed by atoms with Gasteiger partial charge in [0.25, 0.3) is 0 Å². The van der Waals surface area contributed by atoms with E-state index in [0.717, 1.165) is 28.6 Å². The Labute approximate surface area is 166 Å². The topological polar surface area (TPSA) is 99.7 Å². The summed E-state index contributed by atoms with van der Waals surface area (Å²) < 4.78 is 2.88. The predicted octanol–water partition coefficient (Wildman–Crippen LogP) is 3.25. The van der Waals surface area contributed by atoms with Crippen LogP contribution in [0.4, 0.5) is 5.82 Å². The number of hydrogen-bond acceptors (Lipinski definition) is 5. The van der Waals surface area contributed by atoms with E-state index >= 15 is 0 Å². The highest BCUT2D eigenvalue weighted by atomic mass is 79.9. The highest BCUT2D eigenvalue weighted by Gasteiger charge is 2.21. The van der Waals surface area contributed by atoms with Gasteiger partial charge in [-0.25, -0.2) is 4.98 Å². The summed E-state index contributed by atoms with van der Waals surface area (Å²) in [5.74, 6) is -0.537. The largest absolute Gasteiger partial charge is 0.481 e. The van der Waals surface area contributed by atoms with Crippen LogP contribution in [0.5, 0.6) is 0 Å². The fraction of sp³-hybridized carbons (Fsp3) is 0.421. The molecule has 8 heteroatoms. The molecule has 0 radical (unpaired) electrons. The Morgan fingerprint density at radius 1 is 1.41 bits per heavy atom. The van der Waals surface area contributed by atoms with Crippen LogP contribution in [-0.4, -0.2) is 38.6 Å². The van der Waals surface area contributed by atoms with Crippen molar-refractivity contribution in [3.8, 4) is 0 Å². The Morgan fingerprint density at radius 2 is 2.26 bits per heavy atom. The normalized spacial score (nSPS) is 17.0. The molecule has 2 atom stereocenters. The number of aliphatic hydroxyl groups excluding tert-OH is 1. The summed E-state index contributed by atoms with van der Waals surface area (Å²) in [5, 5.41) is 22.7. The number of carboxylic acid groups (broad SMARTS) is 1. The number of aliphatic hydroxyl groups is 1. The summed E-state index contributed by atoms with van der Waals surface area (Å²) in [6, 6.07) is 7.78. The Morgan fingerprint density at radius 3 is 3.04 bits per heavy atom. The molecule has 1 aliphatic heterocycles. The molecule has 27 heavy (non-hydrogen) atoms. The number of unbranched alkanes of at least 4 members (excludes halogenated alkanes) is 1. The average Bonchev–Trinajstić information content (AvgIpc) is 2.94. The van der Waals surface area contributed by atoms with Crippen molar-refractivity contribution in [1.82, 2.24) is 9.55 Å². The van der Waals surface area contributed by atoms with Gasteiger partial charge in [-0.3, -0.25) is 9.79 Å². The lowest BCUT2D eigenvalue weighted by Gasteiger charge is -2.14. The molecule has 1 aromatic carbocycles. The summed E-state index contributed by atoms with van der Waals surface area (Å²) in [6.45, 7) is 0.990. The van der Waals surface area contributed by atoms with Crippen molar-refractivity contribution >= 4 is 34.1 Å². The highest BCUT2D eigenvalue weighted by Crippen LogP contribution is 2.25. The van der Waals surface area contributed by atoms with Gasteiger partial charge in [0.1, 0.15) is 6.10 Å². The SMILES string of the molecule is O=C(O)C(CCCCn1cnc2c1C(O)CN=CN2)Cc1cccc(Br)c1. The number of aliphatic carboxylic acids is 1. The minimum absolute atomic E-state index is 0.305. The van der Waals surface area contributed by atoms with Gasteiger partial charge in [-0.2, -0.15) is 0 Å². The standard InChI is InChI=1S/C19H23BrN4O3/c20-15-6-3-4-13(9-15)8-14(19(26)27)5-1-2-7-24-12-23-18-17(24)16(25)10-21-11-22-18/h3-4,6,9,11-12,14,16,25H,1-2,5,7-8,10H2,(H,21,22)(H,26,27). The van der Waals surface area contributed by atoms with Gasteiger partial charge in [-0.15, -0.1) is 0 Å². The number of fused-ring (bicyclic) bond motifs is 1. The minimum atomic E-state index is -0.761. The maximum Gasteiger partial charge on any atom is 0.306 e. The molecule has 144 valence electrons. The molecule has 0 amide bonds. The fourth-order valence-corrected chi connectivity index (χ4v) is 3.76. The lowest BCUT2D eigenvalue weighted by Crippen LogP contribution is -2.17. The number of nitrogens with one attached hydrogen (secondary N) is 1. The van der Waals surface area contributed by atoms with Crippen LogP contribution in [0, 0.1) is 5.92 Å². The highest BCUT2D eigenvalue weighted by molar-refractivity contribution is 9.10. The number of carbonyl (C=O) groups is 1. The number of halogens is 1. The van der Waals surface area contributed by atoms with E-state index in [1.165, 1.54) is 0 Å². The predicted molar refractivity (Wildman–Crippen MR) is 107 cm³/mol. The van der Waals surface area contributed by atoms with E-state index in [-0.39, 0.29) is 0 Å². The number of imidazole rings is 1. The van der Waals surface area contributed by atoms with Gasteiger partial charge in [0, 0.05) is 11.0 Å². The molecule has 3 rings (SSSR count). The third-order valence-corrected chi connectivity index (χ3v) is 5.18. The molecule has 0 aliphatic carbocycles. The van der Waals surface area contributed by atoms with Crippen molar-refractivity contribution in [2.75, 3.05) is 11.9 Å². The van der Waals surface area contributed by atoms with Crippen molar-refractivity contribution in [3.05, 3.63) is 46.3 Å². The second kappa shape index (κ2) is 9.14. The summed E-state index contributed by atoms with van der Waals surface area (Å²) in [4.78, 5) is 19.9. The molecule has 0 spiro atoms. The number of aromatic nitrogens is 2. The lowest BCUT2D eigenvalue weighted by molar-refractivity contribution is -0.142. The second-order valence-electron chi connectivity index (χ2n) is 6.69. The first-order chi connectivity index (χ1) is 13.0. The van der Waals surface area contributed by atoms with Gasteiger partial charge in [-0.1, -0.05) is 34.5 Å². The maximum absolute atomic E-state index is 11.6. The number of rotatable bonds is 8. The molecule has 0 saturated carbocycles. The number of nitrogens with zero attached hydrogens (tertiary/aromatic N) is 3. The van der Waals surface area contributed by atoms with Gasteiger partial charge in [0.15, 0.2) is 5.82 Å². The van der Waals surface area contributed by atoms with Crippen molar-refractivity contribution in [2.45, 2.75) is 38.3 Å². The first-order valence-electron chi connectivity index (χ1n) is 8.99. The molecule has 2 heterocycles. The number of aliphatic imine (C=N–C) groups is 1. The van der Waals surface area contributed by atoms with Crippen LogP contribution in [-0.2, 0) is 17.8 Å². The Bertz CT molecular complexity index is 821. The molecule has 2 unspecified atom stereocenters. The van der Waals surface area contributed by atoms with Gasteiger partial charge in [-0.05, 0) is 37.0 Å². The monoisotopic (exact) mass is 434 g/mol. The number of benzene rings is 1. The van der Waals surface area contributed by atoms with Crippen LogP contribution < -0.4 is 5.32 Å². The molecule has 0 saturated heterocycles. The first-order valence-corrected chi connectivity index (χ1v) is 9.79. The van der Waals surface area contributed by atoms with E-state index < -0.39 is 18.0 Å². The zero-order valence-electron chi connectivity index (χ0n) is 14.9. The number of carboxylic acids is 1. The second-order valence-corrected chi connectivity index (χ2v) is 7.61. The van der Waals surface area contributed by atoms with E-state index in [2.05, 4.69) is 31.2 Å². The molecule has 3 N–H and O–H groups in total. The van der Waals surface area contributed by atoms with Gasteiger partial charge < -0.3 is 20.1 Å². The quantitative estimate of drug-likeness (QED) is 0.553. The summed E-state index contributed by atoms with van der Waals surface area (Å²) in [7, 11) is 0. The van der Waals surface area contributed by atoms with E-state index in [1.807, 2.05) is 28.8 Å². The van der Waals surface area contributed by atoms with Gasteiger partial charge >= 0.3 is 5.97 Å². The molecule has 1 aromatic heterocycles. The number of anilines is 1. The molecular formula is C19H23BrN4O3. The lowest BCUT2D eigenvalue weighted by atomic mass is 9.94. The molecule has 1 aliphatic rings. The third kappa shape index (κ3) is 5.17. The smallest absolute Gasteiger partial charge is 0.306 e. The van der Waals surface area contributed by atoms with Crippen LogP contribution in [0.15, 0.2) is 40.1 Å².